The number of nitrogens with one attached hydrogen (secondary N) is 1. The van der Waals surface area contributed by atoms with Gasteiger partial charge < -0.3 is 9.32 Å². The highest BCUT2D eigenvalue weighted by Gasteiger charge is 2.24. The van der Waals surface area contributed by atoms with Gasteiger partial charge in [0.1, 0.15) is 11.5 Å². The Balaban J connectivity index is 1.40. The lowest BCUT2D eigenvalue weighted by Gasteiger charge is -2.37. The first-order chi connectivity index (χ1) is 12.3. The molecule has 1 saturated heterocycles. The van der Waals surface area contributed by atoms with Gasteiger partial charge in [-0.3, -0.25) is 10.00 Å². The number of piperidine rings is 1. The molecule has 25 heavy (non-hydrogen) atoms. The molecule has 3 aromatic heterocycles. The number of H-pyrrole nitrogens is 1. The summed E-state index contributed by atoms with van der Waals surface area (Å²) in [5.41, 5.74) is 0.903. The van der Waals surface area contributed by atoms with Gasteiger partial charge in [0.2, 0.25) is 0 Å². The van der Waals surface area contributed by atoms with Crippen LogP contribution in [0.2, 0.25) is 0 Å². The lowest BCUT2D eigenvalue weighted by molar-refractivity contribution is 0.194. The highest BCUT2D eigenvalue weighted by molar-refractivity contribution is 5.51. The number of anilines is 1. The summed E-state index contributed by atoms with van der Waals surface area (Å²) >= 11 is 0. The number of rotatable bonds is 5. The Labute approximate surface area is 146 Å². The summed E-state index contributed by atoms with van der Waals surface area (Å²) in [6.07, 6.45) is 5.78. The molecule has 1 aliphatic rings. The molecule has 1 fully saturated rings. The summed E-state index contributed by atoms with van der Waals surface area (Å²) in [4.78, 5) is 4.67. The molecule has 0 saturated carbocycles. The van der Waals surface area contributed by atoms with E-state index in [0.29, 0.717) is 6.04 Å². The molecule has 1 N–H and O–H groups in total. The Kier molecular flexibility index (Phi) is 4.47. The lowest BCUT2D eigenvalue weighted by Crippen LogP contribution is -2.46. The zero-order valence-electron chi connectivity index (χ0n) is 14.3. The molecule has 7 nitrogen and oxygen atoms in total. The van der Waals surface area contributed by atoms with Gasteiger partial charge >= 0.3 is 0 Å². The van der Waals surface area contributed by atoms with E-state index in [4.69, 9.17) is 4.42 Å². The molecule has 7 heteroatoms. The smallest absolute Gasteiger partial charge is 0.152 e. The highest BCUT2D eigenvalue weighted by Crippen LogP contribution is 2.23. The molecule has 0 amide bonds. The van der Waals surface area contributed by atoms with Gasteiger partial charge in [0, 0.05) is 31.5 Å². The maximum absolute atomic E-state index is 5.95. The zero-order valence-corrected chi connectivity index (χ0v) is 14.3. The first-order valence-electron chi connectivity index (χ1n) is 8.61. The van der Waals surface area contributed by atoms with Crippen LogP contribution in [0, 0.1) is 0 Å². The number of aromatic amines is 1. The second-order valence-corrected chi connectivity index (χ2v) is 6.48. The summed E-state index contributed by atoms with van der Waals surface area (Å²) in [6.45, 7) is 2.78. The van der Waals surface area contributed by atoms with Crippen LogP contribution < -0.4 is 4.90 Å². The molecule has 0 spiro atoms. The van der Waals surface area contributed by atoms with Crippen LogP contribution in [0.4, 0.5) is 5.82 Å². The number of hydrogen-bond donors (Lipinski definition) is 1. The van der Waals surface area contributed by atoms with Crippen LogP contribution in [-0.2, 0) is 6.54 Å². The molecule has 0 aromatic carbocycles. The quantitative estimate of drug-likeness (QED) is 0.771. The maximum Gasteiger partial charge on any atom is 0.152 e. The van der Waals surface area contributed by atoms with Crippen molar-refractivity contribution in [2.75, 3.05) is 25.0 Å². The van der Waals surface area contributed by atoms with Crippen molar-refractivity contribution in [2.45, 2.75) is 25.4 Å². The standard InChI is InChI=1S/C18H22N6O/c1-23(13-15-6-7-17(25-15)16-8-10-20-21-16)14-4-3-11-24(12-14)18-5-2-9-19-22-18/h2,5-10,14H,3-4,11-13H2,1H3,(H,20,21). The second-order valence-electron chi connectivity index (χ2n) is 6.48. The third-order valence-corrected chi connectivity index (χ3v) is 4.74. The van der Waals surface area contributed by atoms with Crippen molar-refractivity contribution < 1.29 is 4.42 Å². The van der Waals surface area contributed by atoms with Crippen LogP contribution in [0.3, 0.4) is 0 Å². The third-order valence-electron chi connectivity index (χ3n) is 4.74. The van der Waals surface area contributed by atoms with Crippen molar-refractivity contribution in [2.24, 2.45) is 0 Å². The van der Waals surface area contributed by atoms with Crippen molar-refractivity contribution in [1.82, 2.24) is 25.3 Å². The minimum atomic E-state index is 0.469. The lowest BCUT2D eigenvalue weighted by atomic mass is 10.0. The fraction of sp³-hybridized carbons (Fsp3) is 0.389. The number of likely N-dealkylation sites (N-methyl/N-ethyl adjacent to an activating group) is 1. The molecular weight excluding hydrogens is 316 g/mol. The van der Waals surface area contributed by atoms with Crippen molar-refractivity contribution >= 4 is 5.82 Å². The molecule has 4 heterocycles. The van der Waals surface area contributed by atoms with Crippen molar-refractivity contribution in [1.29, 1.82) is 0 Å². The van der Waals surface area contributed by atoms with Crippen molar-refractivity contribution in [3.8, 4) is 11.5 Å². The molecule has 0 radical (unpaired) electrons. The summed E-state index contributed by atoms with van der Waals surface area (Å²) in [5, 5.41) is 15.1. The van der Waals surface area contributed by atoms with E-state index in [1.165, 1.54) is 6.42 Å². The summed E-state index contributed by atoms with van der Waals surface area (Å²) in [7, 11) is 2.16. The SMILES string of the molecule is CN(Cc1ccc(-c2ccn[nH]2)o1)C1CCCN(c2cccnn2)C1. The average molecular weight is 338 g/mol. The Bertz CT molecular complexity index is 785. The predicted molar refractivity (Wildman–Crippen MR) is 95.0 cm³/mol. The van der Waals surface area contributed by atoms with Crippen LogP contribution in [0.1, 0.15) is 18.6 Å². The minimum absolute atomic E-state index is 0.469. The fourth-order valence-corrected chi connectivity index (χ4v) is 3.36. The summed E-state index contributed by atoms with van der Waals surface area (Å²) in [6, 6.07) is 10.4. The highest BCUT2D eigenvalue weighted by atomic mass is 16.3. The molecule has 3 aromatic rings. The van der Waals surface area contributed by atoms with Crippen LogP contribution in [0.25, 0.3) is 11.5 Å². The Morgan fingerprint density at radius 3 is 3.04 bits per heavy atom. The molecule has 0 bridgehead atoms. The summed E-state index contributed by atoms with van der Waals surface area (Å²) in [5.74, 6) is 2.74. The molecule has 1 unspecified atom stereocenters. The van der Waals surface area contributed by atoms with Gasteiger partial charge in [-0.05, 0) is 50.2 Å². The van der Waals surface area contributed by atoms with E-state index in [2.05, 4.69) is 37.2 Å². The number of hydrogen-bond acceptors (Lipinski definition) is 6. The van der Waals surface area contributed by atoms with Crippen molar-refractivity contribution in [3.05, 3.63) is 48.5 Å². The van der Waals surface area contributed by atoms with E-state index in [1.807, 2.05) is 30.3 Å². The first-order valence-corrected chi connectivity index (χ1v) is 8.61. The van der Waals surface area contributed by atoms with Crippen molar-refractivity contribution in [3.63, 3.8) is 0 Å². The molecule has 4 rings (SSSR count). The Morgan fingerprint density at radius 1 is 1.28 bits per heavy atom. The van der Waals surface area contributed by atoms with E-state index in [0.717, 1.165) is 49.1 Å². The largest absolute Gasteiger partial charge is 0.458 e. The summed E-state index contributed by atoms with van der Waals surface area (Å²) < 4.78 is 5.95. The number of aromatic nitrogens is 4. The Morgan fingerprint density at radius 2 is 2.24 bits per heavy atom. The minimum Gasteiger partial charge on any atom is -0.458 e. The Hall–Kier alpha value is -2.67. The van der Waals surface area contributed by atoms with E-state index < -0.39 is 0 Å². The molecule has 130 valence electrons. The van der Waals surface area contributed by atoms with Gasteiger partial charge in [-0.2, -0.15) is 10.2 Å². The molecule has 1 aliphatic heterocycles. The second kappa shape index (κ2) is 7.06. The van der Waals surface area contributed by atoms with Gasteiger partial charge in [0.05, 0.1) is 6.54 Å². The zero-order chi connectivity index (χ0) is 17.1. The van der Waals surface area contributed by atoms with E-state index in [9.17, 15) is 0 Å². The maximum atomic E-state index is 5.95. The molecular formula is C18H22N6O. The monoisotopic (exact) mass is 338 g/mol. The van der Waals surface area contributed by atoms with E-state index >= 15 is 0 Å². The molecule has 1 atom stereocenters. The van der Waals surface area contributed by atoms with Gasteiger partial charge in [-0.25, -0.2) is 0 Å². The van der Waals surface area contributed by atoms with E-state index in [1.54, 1.807) is 12.4 Å². The van der Waals surface area contributed by atoms with Gasteiger partial charge in [0.25, 0.3) is 0 Å². The van der Waals surface area contributed by atoms with Crippen LogP contribution >= 0.6 is 0 Å². The number of nitrogens with zero attached hydrogens (tertiary/aromatic N) is 5. The fourth-order valence-electron chi connectivity index (χ4n) is 3.36. The van der Waals surface area contributed by atoms with Crippen LogP contribution in [0.5, 0.6) is 0 Å². The average Bonchev–Trinajstić information content (AvgIpc) is 3.34. The number of furan rings is 1. The topological polar surface area (TPSA) is 74.1 Å². The first kappa shape index (κ1) is 15.8. The van der Waals surface area contributed by atoms with Gasteiger partial charge in [-0.1, -0.05) is 0 Å². The predicted octanol–water partition coefficient (Wildman–Crippen LogP) is 2.56. The van der Waals surface area contributed by atoms with Gasteiger partial charge in [0.15, 0.2) is 11.6 Å². The normalized spacial score (nSPS) is 18.0. The molecule has 0 aliphatic carbocycles. The van der Waals surface area contributed by atoms with Crippen LogP contribution in [-0.4, -0.2) is 51.5 Å². The van der Waals surface area contributed by atoms with Gasteiger partial charge in [-0.15, -0.1) is 5.10 Å². The third kappa shape index (κ3) is 3.56. The van der Waals surface area contributed by atoms with Crippen LogP contribution in [0.15, 0.2) is 47.1 Å². The van der Waals surface area contributed by atoms with E-state index in [-0.39, 0.29) is 0 Å².